The quantitative estimate of drug-likeness (QED) is 0.142. The van der Waals surface area contributed by atoms with E-state index in [1.165, 1.54) is 49.5 Å². The zero-order valence-corrected chi connectivity index (χ0v) is 30.4. The molecule has 254 valence electrons. The van der Waals surface area contributed by atoms with Crippen LogP contribution in [0.2, 0.25) is 5.02 Å². The number of methoxy groups -OCH3 is 2. The Hall–Kier alpha value is -4.06. The van der Waals surface area contributed by atoms with Gasteiger partial charge >= 0.3 is 0 Å². The molecule has 0 saturated heterocycles. The highest BCUT2D eigenvalue weighted by molar-refractivity contribution is 9.10. The molecule has 1 N–H and O–H groups in total. The van der Waals surface area contributed by atoms with Crippen molar-refractivity contribution in [1.29, 1.82) is 0 Å². The number of rotatable bonds is 15. The first kappa shape index (κ1) is 36.8. The second-order valence-electron chi connectivity index (χ2n) is 11.2. The fourth-order valence-electron chi connectivity index (χ4n) is 5.07. The standard InChI is InChI=1S/C36H39BrClN3O6S/c1-5-25(2)39-36(43)32(21-26-10-7-6-8-11-26)40(23-27-12-9-13-28(37)20-27)35(42)24-41(30-16-14-29(38)15-17-30)48(44,45)31-18-19-33(46-3)34(22-31)47-4/h6-20,22,25,32H,5,21,23-24H2,1-4H3,(H,39,43)/t25-,32+/m1/s1. The Morgan fingerprint density at radius 1 is 0.875 bits per heavy atom. The number of anilines is 1. The van der Waals surface area contributed by atoms with Gasteiger partial charge in [-0.1, -0.05) is 76.9 Å². The van der Waals surface area contributed by atoms with Gasteiger partial charge in [-0.15, -0.1) is 0 Å². The minimum atomic E-state index is -4.36. The van der Waals surface area contributed by atoms with Crippen LogP contribution < -0.4 is 19.1 Å². The van der Waals surface area contributed by atoms with Crippen LogP contribution in [-0.4, -0.2) is 58.0 Å². The summed E-state index contributed by atoms with van der Waals surface area (Å²) in [6.07, 6.45) is 0.906. The van der Waals surface area contributed by atoms with Crippen LogP contribution in [0.4, 0.5) is 5.69 Å². The van der Waals surface area contributed by atoms with Gasteiger partial charge in [0.15, 0.2) is 11.5 Å². The average molecular weight is 757 g/mol. The molecule has 0 aliphatic heterocycles. The maximum absolute atomic E-state index is 14.6. The van der Waals surface area contributed by atoms with Gasteiger partial charge in [-0.05, 0) is 73.0 Å². The SMILES string of the molecule is CC[C@@H](C)NC(=O)[C@H](Cc1ccccc1)N(Cc1cccc(Br)c1)C(=O)CN(c1ccc(Cl)cc1)S(=O)(=O)c1ccc(OC)c(OC)c1. The van der Waals surface area contributed by atoms with Crippen molar-refractivity contribution in [1.82, 2.24) is 10.2 Å². The summed E-state index contributed by atoms with van der Waals surface area (Å²) in [6.45, 7) is 3.31. The molecule has 9 nitrogen and oxygen atoms in total. The van der Waals surface area contributed by atoms with Crippen molar-refractivity contribution >= 4 is 55.1 Å². The monoisotopic (exact) mass is 755 g/mol. The molecule has 0 aromatic heterocycles. The highest BCUT2D eigenvalue weighted by atomic mass is 79.9. The first-order valence-corrected chi connectivity index (χ1v) is 18.0. The summed E-state index contributed by atoms with van der Waals surface area (Å²) in [5, 5.41) is 3.44. The number of carbonyl (C=O) groups excluding carboxylic acids is 2. The molecule has 4 rings (SSSR count). The molecule has 2 amide bonds. The number of benzene rings is 4. The Labute approximate surface area is 296 Å². The van der Waals surface area contributed by atoms with E-state index in [0.717, 1.165) is 19.9 Å². The summed E-state index contributed by atoms with van der Waals surface area (Å²) in [5.74, 6) is -0.352. The number of sulfonamides is 1. The van der Waals surface area contributed by atoms with Crippen molar-refractivity contribution in [2.45, 2.75) is 50.2 Å². The molecular formula is C36H39BrClN3O6S. The first-order valence-electron chi connectivity index (χ1n) is 15.3. The summed E-state index contributed by atoms with van der Waals surface area (Å²) in [6, 6.07) is 26.1. The minimum absolute atomic E-state index is 0.0502. The topological polar surface area (TPSA) is 105 Å². The Bertz CT molecular complexity index is 1810. The number of ether oxygens (including phenoxy) is 2. The molecule has 48 heavy (non-hydrogen) atoms. The second kappa shape index (κ2) is 16.9. The van der Waals surface area contributed by atoms with E-state index in [1.54, 1.807) is 12.1 Å². The Balaban J connectivity index is 1.83. The van der Waals surface area contributed by atoms with Crippen LogP contribution in [0, 0.1) is 0 Å². The van der Waals surface area contributed by atoms with E-state index >= 15 is 0 Å². The van der Waals surface area contributed by atoms with Gasteiger partial charge < -0.3 is 19.7 Å². The molecule has 0 fully saturated rings. The molecule has 0 unspecified atom stereocenters. The fourth-order valence-corrected chi connectivity index (χ4v) is 7.07. The third kappa shape index (κ3) is 9.30. The van der Waals surface area contributed by atoms with Gasteiger partial charge in [-0.3, -0.25) is 13.9 Å². The Kier molecular flexibility index (Phi) is 12.9. The van der Waals surface area contributed by atoms with Crippen LogP contribution >= 0.6 is 27.5 Å². The smallest absolute Gasteiger partial charge is 0.264 e. The lowest BCUT2D eigenvalue weighted by Crippen LogP contribution is -2.54. The minimum Gasteiger partial charge on any atom is -0.493 e. The van der Waals surface area contributed by atoms with E-state index in [9.17, 15) is 18.0 Å². The van der Waals surface area contributed by atoms with Gasteiger partial charge in [0.05, 0.1) is 24.8 Å². The predicted octanol–water partition coefficient (Wildman–Crippen LogP) is 6.87. The third-order valence-electron chi connectivity index (χ3n) is 7.85. The number of amides is 2. The van der Waals surface area contributed by atoms with E-state index in [1.807, 2.05) is 68.4 Å². The van der Waals surface area contributed by atoms with E-state index in [0.29, 0.717) is 17.2 Å². The fraction of sp³-hybridized carbons (Fsp3) is 0.278. The molecule has 0 radical (unpaired) electrons. The van der Waals surface area contributed by atoms with E-state index < -0.39 is 28.5 Å². The van der Waals surface area contributed by atoms with Crippen LogP contribution in [0.3, 0.4) is 0 Å². The third-order valence-corrected chi connectivity index (χ3v) is 10.4. The predicted molar refractivity (Wildman–Crippen MR) is 192 cm³/mol. The van der Waals surface area contributed by atoms with Crippen molar-refractivity contribution in [3.63, 3.8) is 0 Å². The zero-order chi connectivity index (χ0) is 34.8. The summed E-state index contributed by atoms with van der Waals surface area (Å²) < 4.78 is 41.2. The molecule has 0 aliphatic rings. The number of hydrogen-bond donors (Lipinski definition) is 1. The van der Waals surface area contributed by atoms with Crippen LogP contribution in [0.15, 0.2) is 106 Å². The van der Waals surface area contributed by atoms with Crippen LogP contribution in [0.25, 0.3) is 0 Å². The molecule has 0 spiro atoms. The summed E-state index contributed by atoms with van der Waals surface area (Å²) in [4.78, 5) is 30.0. The highest BCUT2D eigenvalue weighted by Crippen LogP contribution is 2.33. The normalized spacial score (nSPS) is 12.5. The number of carbonyl (C=O) groups is 2. The summed E-state index contributed by atoms with van der Waals surface area (Å²) in [5.41, 5.74) is 1.82. The first-order chi connectivity index (χ1) is 23.0. The molecule has 0 bridgehead atoms. The van der Waals surface area contributed by atoms with Gasteiger partial charge in [0.25, 0.3) is 10.0 Å². The van der Waals surface area contributed by atoms with Crippen LogP contribution in [0.5, 0.6) is 11.5 Å². The second-order valence-corrected chi connectivity index (χ2v) is 14.4. The molecule has 0 heterocycles. The maximum Gasteiger partial charge on any atom is 0.264 e. The number of nitrogens with one attached hydrogen (secondary N) is 1. The lowest BCUT2D eigenvalue weighted by Gasteiger charge is -2.34. The van der Waals surface area contributed by atoms with Crippen molar-refractivity contribution in [3.05, 3.63) is 118 Å². The van der Waals surface area contributed by atoms with E-state index in [-0.39, 0.29) is 41.2 Å². The van der Waals surface area contributed by atoms with E-state index in [4.69, 9.17) is 21.1 Å². The molecule has 0 saturated carbocycles. The number of nitrogens with zero attached hydrogens (tertiary/aromatic N) is 2. The van der Waals surface area contributed by atoms with Crippen molar-refractivity contribution in [2.75, 3.05) is 25.1 Å². The molecule has 2 atom stereocenters. The van der Waals surface area contributed by atoms with Crippen molar-refractivity contribution < 1.29 is 27.5 Å². The lowest BCUT2D eigenvalue weighted by atomic mass is 10.0. The molecule has 4 aromatic carbocycles. The number of halogens is 2. The van der Waals surface area contributed by atoms with Crippen molar-refractivity contribution in [2.24, 2.45) is 0 Å². The van der Waals surface area contributed by atoms with Gasteiger partial charge in [0.1, 0.15) is 12.6 Å². The van der Waals surface area contributed by atoms with Gasteiger partial charge in [0.2, 0.25) is 11.8 Å². The maximum atomic E-state index is 14.6. The Morgan fingerprint density at radius 3 is 2.17 bits per heavy atom. The van der Waals surface area contributed by atoms with Crippen LogP contribution in [-0.2, 0) is 32.6 Å². The summed E-state index contributed by atoms with van der Waals surface area (Å²) in [7, 11) is -1.50. The Morgan fingerprint density at radius 2 is 1.54 bits per heavy atom. The van der Waals surface area contributed by atoms with Gasteiger partial charge in [-0.2, -0.15) is 0 Å². The zero-order valence-electron chi connectivity index (χ0n) is 27.2. The molecule has 4 aromatic rings. The lowest BCUT2D eigenvalue weighted by molar-refractivity contribution is -0.140. The molecule has 0 aliphatic carbocycles. The van der Waals surface area contributed by atoms with Gasteiger partial charge in [0, 0.05) is 34.6 Å². The van der Waals surface area contributed by atoms with Crippen LogP contribution in [0.1, 0.15) is 31.4 Å². The van der Waals surface area contributed by atoms with Gasteiger partial charge in [-0.25, -0.2) is 8.42 Å². The average Bonchev–Trinajstić information content (AvgIpc) is 3.09. The molecule has 12 heteroatoms. The largest absolute Gasteiger partial charge is 0.493 e. The van der Waals surface area contributed by atoms with E-state index in [2.05, 4.69) is 21.2 Å². The van der Waals surface area contributed by atoms with Crippen molar-refractivity contribution in [3.8, 4) is 11.5 Å². The number of hydrogen-bond acceptors (Lipinski definition) is 6. The highest BCUT2D eigenvalue weighted by Gasteiger charge is 2.35. The summed E-state index contributed by atoms with van der Waals surface area (Å²) >= 11 is 9.67. The molecular weight excluding hydrogens is 718 g/mol.